The summed E-state index contributed by atoms with van der Waals surface area (Å²) >= 11 is 1.28. The first-order valence-electron chi connectivity index (χ1n) is 6.82. The van der Waals surface area contributed by atoms with Gasteiger partial charge in [-0.2, -0.15) is 5.26 Å². The highest BCUT2D eigenvalue weighted by molar-refractivity contribution is 8.00. The van der Waals surface area contributed by atoms with E-state index in [2.05, 4.69) is 16.4 Å². The van der Waals surface area contributed by atoms with Gasteiger partial charge in [-0.1, -0.05) is 11.8 Å². The number of aromatic nitrogens is 1. The number of carbonyl (C=O) groups is 1. The molecule has 0 saturated heterocycles. The van der Waals surface area contributed by atoms with Gasteiger partial charge in [0.25, 0.3) is 0 Å². The highest BCUT2D eigenvalue weighted by atomic mass is 32.2. The van der Waals surface area contributed by atoms with Crippen molar-refractivity contribution < 1.29 is 9.21 Å². The zero-order valence-electron chi connectivity index (χ0n) is 12.8. The summed E-state index contributed by atoms with van der Waals surface area (Å²) in [4.78, 5) is 16.3. The number of furan rings is 1. The van der Waals surface area contributed by atoms with E-state index in [1.165, 1.54) is 11.8 Å². The van der Waals surface area contributed by atoms with Crippen LogP contribution in [0.1, 0.15) is 28.1 Å². The molecule has 0 unspecified atom stereocenters. The van der Waals surface area contributed by atoms with E-state index >= 15 is 0 Å². The molecule has 22 heavy (non-hydrogen) atoms. The quantitative estimate of drug-likeness (QED) is 0.858. The smallest absolute Gasteiger partial charge is 0.230 e. The predicted molar refractivity (Wildman–Crippen MR) is 84.4 cm³/mol. The van der Waals surface area contributed by atoms with Crippen molar-refractivity contribution in [3.63, 3.8) is 0 Å². The number of aryl methyl sites for hydroxylation is 1. The van der Waals surface area contributed by atoms with E-state index in [1.54, 1.807) is 18.4 Å². The van der Waals surface area contributed by atoms with Gasteiger partial charge in [0, 0.05) is 5.69 Å². The Balaban J connectivity index is 1.99. The van der Waals surface area contributed by atoms with Crippen LogP contribution in [0.2, 0.25) is 0 Å². The second-order valence-electron chi connectivity index (χ2n) is 4.88. The van der Waals surface area contributed by atoms with E-state index in [-0.39, 0.29) is 11.7 Å². The first kappa shape index (κ1) is 16.1. The normalized spacial score (nSPS) is 10.3. The molecule has 0 radical (unpaired) electrons. The fraction of sp³-hybridized carbons (Fsp3) is 0.312. The summed E-state index contributed by atoms with van der Waals surface area (Å²) in [6, 6.07) is 5.76. The minimum Gasteiger partial charge on any atom is -0.467 e. The zero-order chi connectivity index (χ0) is 16.1. The number of hydrogen-bond acceptors (Lipinski definition) is 5. The second kappa shape index (κ2) is 7.14. The van der Waals surface area contributed by atoms with Crippen molar-refractivity contribution in [1.29, 1.82) is 5.26 Å². The Hall–Kier alpha value is -2.26. The van der Waals surface area contributed by atoms with Crippen molar-refractivity contribution in [2.24, 2.45) is 0 Å². The Morgan fingerprint density at radius 1 is 1.41 bits per heavy atom. The van der Waals surface area contributed by atoms with Gasteiger partial charge in [-0.25, -0.2) is 4.98 Å². The maximum Gasteiger partial charge on any atom is 0.230 e. The van der Waals surface area contributed by atoms with Gasteiger partial charge in [-0.3, -0.25) is 4.79 Å². The Labute approximate surface area is 133 Å². The van der Waals surface area contributed by atoms with Crippen LogP contribution in [0.4, 0.5) is 0 Å². The minimum absolute atomic E-state index is 0.122. The Morgan fingerprint density at radius 2 is 2.18 bits per heavy atom. The lowest BCUT2D eigenvalue weighted by Crippen LogP contribution is -2.24. The lowest BCUT2D eigenvalue weighted by atomic mass is 10.1. The molecule has 114 valence electrons. The van der Waals surface area contributed by atoms with Gasteiger partial charge in [0.2, 0.25) is 5.91 Å². The third-order valence-electron chi connectivity index (χ3n) is 3.45. The fourth-order valence-electron chi connectivity index (χ4n) is 1.93. The van der Waals surface area contributed by atoms with Crippen molar-refractivity contribution in [3.05, 3.63) is 46.5 Å². The van der Waals surface area contributed by atoms with Crippen LogP contribution in [0, 0.1) is 32.1 Å². The van der Waals surface area contributed by atoms with E-state index in [1.807, 2.05) is 20.8 Å². The van der Waals surface area contributed by atoms with Crippen molar-refractivity contribution >= 4 is 17.7 Å². The first-order valence-corrected chi connectivity index (χ1v) is 7.81. The number of carbonyl (C=O) groups excluding carboxylic acids is 1. The predicted octanol–water partition coefficient (Wildman–Crippen LogP) is 2.88. The van der Waals surface area contributed by atoms with Gasteiger partial charge in [-0.05, 0) is 44.0 Å². The molecule has 0 fully saturated rings. The number of thioether (sulfide) groups is 1. The maximum atomic E-state index is 11.9. The van der Waals surface area contributed by atoms with Crippen molar-refractivity contribution in [3.8, 4) is 6.07 Å². The molecule has 0 aliphatic rings. The van der Waals surface area contributed by atoms with Gasteiger partial charge in [0.1, 0.15) is 16.9 Å². The van der Waals surface area contributed by atoms with Gasteiger partial charge in [0.15, 0.2) is 0 Å². The topological polar surface area (TPSA) is 78.9 Å². The minimum atomic E-state index is -0.122. The van der Waals surface area contributed by atoms with Crippen molar-refractivity contribution in [2.75, 3.05) is 5.75 Å². The average molecular weight is 315 g/mol. The summed E-state index contributed by atoms with van der Waals surface area (Å²) in [5.74, 6) is 0.795. The van der Waals surface area contributed by atoms with Gasteiger partial charge < -0.3 is 9.73 Å². The van der Waals surface area contributed by atoms with Crippen LogP contribution >= 0.6 is 11.8 Å². The Morgan fingerprint density at radius 3 is 2.82 bits per heavy atom. The van der Waals surface area contributed by atoms with Gasteiger partial charge in [-0.15, -0.1) is 0 Å². The van der Waals surface area contributed by atoms with Crippen LogP contribution < -0.4 is 5.32 Å². The molecule has 2 aromatic heterocycles. The van der Waals surface area contributed by atoms with E-state index in [4.69, 9.17) is 4.42 Å². The Kier molecular flexibility index (Phi) is 5.23. The largest absolute Gasteiger partial charge is 0.467 e. The summed E-state index contributed by atoms with van der Waals surface area (Å²) in [7, 11) is 0. The van der Waals surface area contributed by atoms with E-state index < -0.39 is 0 Å². The average Bonchev–Trinajstić information content (AvgIpc) is 3.02. The molecule has 2 heterocycles. The molecule has 1 amide bonds. The standard InChI is InChI=1S/C16H17N3O2S/c1-10-11(2)14(7-17)16(19-12(10)3)22-9-15(20)18-8-13-5-4-6-21-13/h4-6H,8-9H2,1-3H3,(H,18,20). The number of nitriles is 1. The third-order valence-corrected chi connectivity index (χ3v) is 4.43. The summed E-state index contributed by atoms with van der Waals surface area (Å²) < 4.78 is 5.15. The number of nitrogens with one attached hydrogen (secondary N) is 1. The number of hydrogen-bond donors (Lipinski definition) is 1. The molecule has 0 aromatic carbocycles. The summed E-state index contributed by atoms with van der Waals surface area (Å²) in [5, 5.41) is 12.7. The molecular formula is C16H17N3O2S. The zero-order valence-corrected chi connectivity index (χ0v) is 13.6. The van der Waals surface area contributed by atoms with E-state index in [0.29, 0.717) is 22.9 Å². The van der Waals surface area contributed by atoms with Crippen LogP contribution in [-0.4, -0.2) is 16.6 Å². The summed E-state index contributed by atoms with van der Waals surface area (Å²) in [5.41, 5.74) is 3.37. The molecule has 0 aliphatic heterocycles. The van der Waals surface area contributed by atoms with E-state index in [0.717, 1.165) is 16.8 Å². The molecular weight excluding hydrogens is 298 g/mol. The van der Waals surface area contributed by atoms with Crippen LogP contribution in [0.3, 0.4) is 0 Å². The molecule has 1 N–H and O–H groups in total. The van der Waals surface area contributed by atoms with Crippen LogP contribution in [-0.2, 0) is 11.3 Å². The van der Waals surface area contributed by atoms with Crippen LogP contribution in [0.25, 0.3) is 0 Å². The summed E-state index contributed by atoms with van der Waals surface area (Å²) in [6.45, 7) is 6.12. The first-order chi connectivity index (χ1) is 10.5. The number of amides is 1. The monoisotopic (exact) mass is 315 g/mol. The second-order valence-corrected chi connectivity index (χ2v) is 5.85. The lowest BCUT2D eigenvalue weighted by molar-refractivity contribution is -0.118. The lowest BCUT2D eigenvalue weighted by Gasteiger charge is -2.11. The maximum absolute atomic E-state index is 11.9. The Bertz CT molecular complexity index is 718. The number of nitrogens with zero attached hydrogens (tertiary/aromatic N) is 2. The molecule has 6 heteroatoms. The van der Waals surface area contributed by atoms with Crippen molar-refractivity contribution in [1.82, 2.24) is 10.3 Å². The molecule has 0 aliphatic carbocycles. The SMILES string of the molecule is Cc1nc(SCC(=O)NCc2ccco2)c(C#N)c(C)c1C. The molecule has 2 rings (SSSR count). The number of rotatable bonds is 5. The van der Waals surface area contributed by atoms with Crippen LogP contribution in [0.5, 0.6) is 0 Å². The highest BCUT2D eigenvalue weighted by Crippen LogP contribution is 2.26. The van der Waals surface area contributed by atoms with Gasteiger partial charge in [0.05, 0.1) is 24.1 Å². The van der Waals surface area contributed by atoms with Crippen molar-refractivity contribution in [2.45, 2.75) is 32.3 Å². The molecule has 5 nitrogen and oxygen atoms in total. The molecule has 0 bridgehead atoms. The molecule has 0 spiro atoms. The third kappa shape index (κ3) is 3.68. The van der Waals surface area contributed by atoms with Crippen LogP contribution in [0.15, 0.2) is 27.8 Å². The molecule has 2 aromatic rings. The highest BCUT2D eigenvalue weighted by Gasteiger charge is 2.14. The van der Waals surface area contributed by atoms with E-state index in [9.17, 15) is 10.1 Å². The molecule has 0 saturated carbocycles. The summed E-state index contributed by atoms with van der Waals surface area (Å²) in [6.07, 6.45) is 1.57. The fourth-order valence-corrected chi connectivity index (χ4v) is 2.85. The number of pyridine rings is 1. The van der Waals surface area contributed by atoms with Gasteiger partial charge >= 0.3 is 0 Å². The molecule has 0 atom stereocenters.